The lowest BCUT2D eigenvalue weighted by molar-refractivity contribution is -0.165. The van der Waals surface area contributed by atoms with Crippen LogP contribution in [0.2, 0.25) is 0 Å². The Bertz CT molecular complexity index is 1240. The Morgan fingerprint density at radius 2 is 1.68 bits per heavy atom. The van der Waals surface area contributed by atoms with Crippen molar-refractivity contribution in [3.8, 4) is 12.3 Å². The Kier molecular flexibility index (Phi) is 7.38. The van der Waals surface area contributed by atoms with Gasteiger partial charge in [0.1, 0.15) is 18.4 Å². The van der Waals surface area contributed by atoms with Crippen molar-refractivity contribution < 1.29 is 18.6 Å². The standard InChI is InChI=1S/C26H25FN2O5/c1-2-21-23(33-16-20-11-7-4-8-12-20)26(17-27,18-32-15-19-9-5-3-6-10-19)34-24(21)29-14-13-22(30)28-25(29)31/h1,3-14,21,23-24H,15-18H2,(H,28,30,31)/t21-,23-,24+,26+/m0/s1. The summed E-state index contributed by atoms with van der Waals surface area (Å²) in [6.45, 7) is -0.694. The van der Waals surface area contributed by atoms with Gasteiger partial charge < -0.3 is 14.2 Å². The van der Waals surface area contributed by atoms with Crippen LogP contribution in [0.4, 0.5) is 4.39 Å². The van der Waals surface area contributed by atoms with Crippen molar-refractivity contribution >= 4 is 0 Å². The third kappa shape index (κ3) is 5.02. The van der Waals surface area contributed by atoms with Gasteiger partial charge in [-0.25, -0.2) is 9.18 Å². The molecule has 4 atom stereocenters. The SMILES string of the molecule is C#C[C@@H]1[C@H](n2ccc(=O)[nH]c2=O)O[C@](CF)(COCc2ccccc2)[C@H]1OCc1ccccc1. The van der Waals surface area contributed by atoms with Crippen LogP contribution in [-0.4, -0.2) is 34.5 Å². The smallest absolute Gasteiger partial charge is 0.330 e. The first kappa shape index (κ1) is 23.6. The molecule has 2 heterocycles. The van der Waals surface area contributed by atoms with E-state index in [1.54, 1.807) is 0 Å². The van der Waals surface area contributed by atoms with Crippen LogP contribution >= 0.6 is 0 Å². The Labute approximate surface area is 196 Å². The van der Waals surface area contributed by atoms with Gasteiger partial charge in [0.2, 0.25) is 0 Å². The minimum Gasteiger partial charge on any atom is -0.374 e. The number of hydrogen-bond acceptors (Lipinski definition) is 5. The van der Waals surface area contributed by atoms with E-state index >= 15 is 0 Å². The second kappa shape index (κ2) is 10.6. The molecule has 1 aliphatic rings. The first-order valence-corrected chi connectivity index (χ1v) is 10.8. The van der Waals surface area contributed by atoms with E-state index in [2.05, 4.69) is 10.9 Å². The molecule has 1 fully saturated rings. The molecule has 0 bridgehead atoms. The fraction of sp³-hybridized carbons (Fsp3) is 0.308. The number of benzene rings is 2. The predicted octanol–water partition coefficient (Wildman–Crippen LogP) is 2.83. The van der Waals surface area contributed by atoms with Crippen molar-refractivity contribution in [3.05, 3.63) is 105 Å². The van der Waals surface area contributed by atoms with Crippen LogP contribution in [-0.2, 0) is 27.4 Å². The average molecular weight is 464 g/mol. The number of hydrogen-bond donors (Lipinski definition) is 1. The Balaban J connectivity index is 1.63. The third-order valence-corrected chi connectivity index (χ3v) is 5.78. The van der Waals surface area contributed by atoms with Crippen molar-refractivity contribution in [2.24, 2.45) is 5.92 Å². The third-order valence-electron chi connectivity index (χ3n) is 5.78. The van der Waals surface area contributed by atoms with E-state index in [0.29, 0.717) is 0 Å². The Hall–Kier alpha value is -3.51. The van der Waals surface area contributed by atoms with Gasteiger partial charge in [-0.05, 0) is 11.1 Å². The molecular formula is C26H25FN2O5. The van der Waals surface area contributed by atoms with E-state index in [-0.39, 0.29) is 19.8 Å². The quantitative estimate of drug-likeness (QED) is 0.493. The van der Waals surface area contributed by atoms with Crippen LogP contribution in [0, 0.1) is 18.3 Å². The van der Waals surface area contributed by atoms with Gasteiger partial charge in [-0.15, -0.1) is 6.42 Å². The summed E-state index contributed by atoms with van der Waals surface area (Å²) in [5.41, 5.74) is -1.03. The zero-order valence-electron chi connectivity index (χ0n) is 18.4. The normalized spacial score (nSPS) is 24.1. The monoisotopic (exact) mass is 464 g/mol. The molecule has 7 nitrogen and oxygen atoms in total. The van der Waals surface area contributed by atoms with Crippen molar-refractivity contribution in [3.63, 3.8) is 0 Å². The van der Waals surface area contributed by atoms with Gasteiger partial charge in [-0.1, -0.05) is 66.6 Å². The number of nitrogens with one attached hydrogen (secondary N) is 1. The van der Waals surface area contributed by atoms with Gasteiger partial charge in [0.25, 0.3) is 5.56 Å². The van der Waals surface area contributed by atoms with Crippen LogP contribution < -0.4 is 11.2 Å². The van der Waals surface area contributed by atoms with E-state index in [4.69, 9.17) is 20.6 Å². The lowest BCUT2D eigenvalue weighted by atomic mass is 9.91. The second-order valence-corrected chi connectivity index (χ2v) is 8.11. The maximum atomic E-state index is 14.7. The largest absolute Gasteiger partial charge is 0.374 e. The molecule has 4 rings (SSSR count). The summed E-state index contributed by atoms with van der Waals surface area (Å²) in [7, 11) is 0. The maximum Gasteiger partial charge on any atom is 0.330 e. The van der Waals surface area contributed by atoms with Crippen LogP contribution in [0.1, 0.15) is 17.4 Å². The van der Waals surface area contributed by atoms with Crippen LogP contribution in [0.5, 0.6) is 0 Å². The number of terminal acetylenes is 1. The summed E-state index contributed by atoms with van der Waals surface area (Å²) in [6, 6.07) is 20.0. The fourth-order valence-corrected chi connectivity index (χ4v) is 4.08. The highest BCUT2D eigenvalue weighted by Crippen LogP contribution is 2.43. The molecule has 1 N–H and O–H groups in total. The first-order chi connectivity index (χ1) is 16.6. The molecule has 1 aliphatic heterocycles. The summed E-state index contributed by atoms with van der Waals surface area (Å²) in [4.78, 5) is 26.2. The van der Waals surface area contributed by atoms with E-state index < -0.39 is 41.8 Å². The molecule has 3 aromatic rings. The van der Waals surface area contributed by atoms with Gasteiger partial charge in [0.05, 0.1) is 25.7 Å². The molecule has 0 unspecified atom stereocenters. The molecule has 176 valence electrons. The van der Waals surface area contributed by atoms with Crippen molar-refractivity contribution in [2.45, 2.75) is 31.1 Å². The first-order valence-electron chi connectivity index (χ1n) is 10.8. The Morgan fingerprint density at radius 3 is 2.26 bits per heavy atom. The molecule has 1 saturated heterocycles. The zero-order chi connectivity index (χ0) is 24.0. The molecular weight excluding hydrogens is 439 g/mol. The molecule has 1 aromatic heterocycles. The van der Waals surface area contributed by atoms with E-state index in [0.717, 1.165) is 15.7 Å². The number of alkyl halides is 1. The van der Waals surface area contributed by atoms with Gasteiger partial charge in [0, 0.05) is 12.3 Å². The van der Waals surface area contributed by atoms with Gasteiger partial charge in [0.15, 0.2) is 6.23 Å². The van der Waals surface area contributed by atoms with Crippen molar-refractivity contribution in [1.82, 2.24) is 9.55 Å². The Morgan fingerprint density at radius 1 is 1.03 bits per heavy atom. The van der Waals surface area contributed by atoms with Crippen molar-refractivity contribution in [1.29, 1.82) is 0 Å². The number of aromatic nitrogens is 2. The fourth-order valence-electron chi connectivity index (χ4n) is 4.08. The van der Waals surface area contributed by atoms with Crippen LogP contribution in [0.15, 0.2) is 82.5 Å². The number of aromatic amines is 1. The van der Waals surface area contributed by atoms with Gasteiger partial charge in [-0.3, -0.25) is 14.3 Å². The lowest BCUT2D eigenvalue weighted by Gasteiger charge is -2.32. The van der Waals surface area contributed by atoms with Crippen LogP contribution in [0.3, 0.4) is 0 Å². The van der Waals surface area contributed by atoms with Crippen LogP contribution in [0.25, 0.3) is 0 Å². The molecule has 0 amide bonds. The highest BCUT2D eigenvalue weighted by Gasteiger charge is 2.57. The number of ether oxygens (including phenoxy) is 3. The lowest BCUT2D eigenvalue weighted by Crippen LogP contribution is -2.49. The second-order valence-electron chi connectivity index (χ2n) is 8.11. The molecule has 2 aromatic carbocycles. The molecule has 34 heavy (non-hydrogen) atoms. The molecule has 0 spiro atoms. The average Bonchev–Trinajstić information content (AvgIpc) is 3.17. The maximum absolute atomic E-state index is 14.7. The topological polar surface area (TPSA) is 82.6 Å². The molecule has 0 radical (unpaired) electrons. The van der Waals surface area contributed by atoms with E-state index in [1.165, 1.54) is 12.3 Å². The summed E-state index contributed by atoms with van der Waals surface area (Å²) in [5, 5.41) is 0. The molecule has 0 aliphatic carbocycles. The highest BCUT2D eigenvalue weighted by atomic mass is 19.1. The number of nitrogens with zero attached hydrogens (tertiary/aromatic N) is 1. The van der Waals surface area contributed by atoms with Crippen molar-refractivity contribution in [2.75, 3.05) is 13.3 Å². The zero-order valence-corrected chi connectivity index (χ0v) is 18.4. The van der Waals surface area contributed by atoms with Gasteiger partial charge in [-0.2, -0.15) is 0 Å². The molecule has 0 saturated carbocycles. The highest BCUT2D eigenvalue weighted by molar-refractivity contribution is 5.16. The predicted molar refractivity (Wildman–Crippen MR) is 124 cm³/mol. The summed E-state index contributed by atoms with van der Waals surface area (Å²) in [5.74, 6) is 1.80. The number of H-pyrrole nitrogens is 1. The van der Waals surface area contributed by atoms with E-state index in [9.17, 15) is 14.0 Å². The minimum atomic E-state index is -1.55. The number of rotatable bonds is 9. The summed E-state index contributed by atoms with van der Waals surface area (Å²) >= 11 is 0. The van der Waals surface area contributed by atoms with E-state index in [1.807, 2.05) is 60.7 Å². The molecule has 8 heteroatoms. The summed E-state index contributed by atoms with van der Waals surface area (Å²) < 4.78 is 34.0. The summed E-state index contributed by atoms with van der Waals surface area (Å²) in [6.07, 6.45) is 5.15. The van der Waals surface area contributed by atoms with Gasteiger partial charge >= 0.3 is 5.69 Å². The number of halogens is 1. The minimum absolute atomic E-state index is 0.148.